The fourth-order valence-electron chi connectivity index (χ4n) is 3.44. The van der Waals surface area contributed by atoms with E-state index < -0.39 is 0 Å². The number of rotatable bonds is 3. The molecule has 0 bridgehead atoms. The lowest BCUT2D eigenvalue weighted by molar-refractivity contribution is -0.127. The summed E-state index contributed by atoms with van der Waals surface area (Å²) in [5.74, 6) is 0.740. The van der Waals surface area contributed by atoms with E-state index >= 15 is 0 Å². The fraction of sp³-hybridized carbons (Fsp3) is 0.300. The molecule has 1 aromatic carbocycles. The number of aromatic nitrogens is 2. The lowest BCUT2D eigenvalue weighted by Crippen LogP contribution is -2.38. The van der Waals surface area contributed by atoms with Crippen molar-refractivity contribution in [3.8, 4) is 0 Å². The number of piperidine rings is 1. The highest BCUT2D eigenvalue weighted by molar-refractivity contribution is 5.91. The van der Waals surface area contributed by atoms with Gasteiger partial charge in [0.2, 0.25) is 5.91 Å². The van der Waals surface area contributed by atoms with Crippen molar-refractivity contribution in [1.82, 2.24) is 14.5 Å². The Hall–Kier alpha value is -2.82. The number of furan rings is 1. The van der Waals surface area contributed by atoms with Crippen LogP contribution < -0.4 is 0 Å². The highest BCUT2D eigenvalue weighted by atomic mass is 16.3. The molecule has 0 N–H and O–H groups in total. The first-order chi connectivity index (χ1) is 12.2. The summed E-state index contributed by atoms with van der Waals surface area (Å²) in [6, 6.07) is 10.4. The summed E-state index contributed by atoms with van der Waals surface area (Å²) in [6.07, 6.45) is 8.74. The standard InChI is InChI=1S/C20H21N3O2/c1-15-4-6-18-19(13-15)23(14-21-18)16-8-10-22(11-9-16)20(24)7-5-17-3-2-12-25-17/h2-7,12-14,16H,8-11H2,1H3/b7-5+. The topological polar surface area (TPSA) is 51.3 Å². The van der Waals surface area contributed by atoms with Gasteiger partial charge in [-0.3, -0.25) is 4.79 Å². The van der Waals surface area contributed by atoms with Gasteiger partial charge in [-0.25, -0.2) is 4.98 Å². The highest BCUT2D eigenvalue weighted by Crippen LogP contribution is 2.27. The van der Waals surface area contributed by atoms with Crippen molar-refractivity contribution in [3.05, 3.63) is 60.3 Å². The number of carbonyl (C=O) groups excluding carboxylic acids is 1. The van der Waals surface area contributed by atoms with Crippen LogP contribution in [0.15, 0.2) is 53.4 Å². The van der Waals surface area contributed by atoms with Crippen molar-refractivity contribution in [3.63, 3.8) is 0 Å². The summed E-state index contributed by atoms with van der Waals surface area (Å²) in [6.45, 7) is 3.62. The van der Waals surface area contributed by atoms with E-state index in [2.05, 4.69) is 34.7 Å². The minimum Gasteiger partial charge on any atom is -0.465 e. The zero-order chi connectivity index (χ0) is 17.2. The van der Waals surface area contributed by atoms with Gasteiger partial charge in [0.05, 0.1) is 23.6 Å². The smallest absolute Gasteiger partial charge is 0.246 e. The van der Waals surface area contributed by atoms with Crippen LogP contribution in [0.4, 0.5) is 0 Å². The number of hydrogen-bond acceptors (Lipinski definition) is 3. The summed E-state index contributed by atoms with van der Waals surface area (Å²) < 4.78 is 7.49. The Morgan fingerprint density at radius 1 is 1.28 bits per heavy atom. The van der Waals surface area contributed by atoms with E-state index in [9.17, 15) is 4.79 Å². The average Bonchev–Trinajstić information content (AvgIpc) is 3.29. The minimum atomic E-state index is 0.0428. The molecule has 0 aliphatic carbocycles. The third-order valence-corrected chi connectivity index (χ3v) is 4.83. The van der Waals surface area contributed by atoms with Crippen molar-refractivity contribution in [1.29, 1.82) is 0 Å². The van der Waals surface area contributed by atoms with E-state index in [4.69, 9.17) is 4.42 Å². The molecular formula is C20H21N3O2. The quantitative estimate of drug-likeness (QED) is 0.684. The summed E-state index contributed by atoms with van der Waals surface area (Å²) in [5.41, 5.74) is 3.46. The van der Waals surface area contributed by atoms with Crippen molar-refractivity contribution in [2.24, 2.45) is 0 Å². The van der Waals surface area contributed by atoms with Crippen LogP contribution in [0.5, 0.6) is 0 Å². The summed E-state index contributed by atoms with van der Waals surface area (Å²) >= 11 is 0. The van der Waals surface area contributed by atoms with Crippen molar-refractivity contribution >= 4 is 23.0 Å². The van der Waals surface area contributed by atoms with Gasteiger partial charge in [-0.1, -0.05) is 6.07 Å². The largest absolute Gasteiger partial charge is 0.465 e. The number of benzene rings is 1. The van der Waals surface area contributed by atoms with E-state index in [1.165, 1.54) is 11.1 Å². The Morgan fingerprint density at radius 2 is 2.12 bits per heavy atom. The maximum atomic E-state index is 12.3. The van der Waals surface area contributed by atoms with Crippen LogP contribution in [-0.4, -0.2) is 33.4 Å². The maximum absolute atomic E-state index is 12.3. The molecule has 0 saturated carbocycles. The van der Waals surface area contributed by atoms with Crippen LogP contribution >= 0.6 is 0 Å². The van der Waals surface area contributed by atoms with Gasteiger partial charge in [0.1, 0.15) is 5.76 Å². The number of nitrogens with zero attached hydrogens (tertiary/aromatic N) is 3. The molecule has 1 aliphatic heterocycles. The van der Waals surface area contributed by atoms with Gasteiger partial charge in [-0.05, 0) is 55.7 Å². The monoisotopic (exact) mass is 335 g/mol. The maximum Gasteiger partial charge on any atom is 0.246 e. The van der Waals surface area contributed by atoms with Crippen LogP contribution in [0.2, 0.25) is 0 Å². The molecule has 0 atom stereocenters. The summed E-state index contributed by atoms with van der Waals surface area (Å²) in [7, 11) is 0. The number of amides is 1. The van der Waals surface area contributed by atoms with Gasteiger partial charge < -0.3 is 13.9 Å². The second kappa shape index (κ2) is 6.59. The van der Waals surface area contributed by atoms with Crippen LogP contribution in [0.3, 0.4) is 0 Å². The Bertz CT molecular complexity index is 900. The molecule has 0 unspecified atom stereocenters. The molecule has 128 valence electrons. The Labute approximate surface area is 146 Å². The first kappa shape index (κ1) is 15.7. The van der Waals surface area contributed by atoms with Gasteiger partial charge in [-0.15, -0.1) is 0 Å². The second-order valence-electron chi connectivity index (χ2n) is 6.55. The predicted molar refractivity (Wildman–Crippen MR) is 97.1 cm³/mol. The predicted octanol–water partition coefficient (Wildman–Crippen LogP) is 3.81. The Morgan fingerprint density at radius 3 is 2.88 bits per heavy atom. The van der Waals surface area contributed by atoms with E-state index in [-0.39, 0.29) is 5.91 Å². The zero-order valence-corrected chi connectivity index (χ0v) is 14.3. The third kappa shape index (κ3) is 3.22. The number of carbonyl (C=O) groups is 1. The van der Waals surface area contributed by atoms with Crippen LogP contribution in [0.1, 0.15) is 30.2 Å². The van der Waals surface area contributed by atoms with Crippen LogP contribution in [0, 0.1) is 6.92 Å². The molecule has 2 aromatic heterocycles. The molecule has 4 rings (SSSR count). The molecule has 5 nitrogen and oxygen atoms in total. The van der Waals surface area contributed by atoms with Gasteiger partial charge >= 0.3 is 0 Å². The molecular weight excluding hydrogens is 314 g/mol. The van der Waals surface area contributed by atoms with E-state index in [0.29, 0.717) is 11.8 Å². The average molecular weight is 335 g/mol. The lowest BCUT2D eigenvalue weighted by Gasteiger charge is -2.32. The van der Waals surface area contributed by atoms with Crippen LogP contribution in [0.25, 0.3) is 17.1 Å². The van der Waals surface area contributed by atoms with Crippen molar-refractivity contribution in [2.75, 3.05) is 13.1 Å². The van der Waals surface area contributed by atoms with E-state index in [0.717, 1.165) is 31.4 Å². The van der Waals surface area contributed by atoms with Gasteiger partial charge in [0, 0.05) is 25.2 Å². The van der Waals surface area contributed by atoms with Crippen molar-refractivity contribution in [2.45, 2.75) is 25.8 Å². The van der Waals surface area contributed by atoms with Crippen molar-refractivity contribution < 1.29 is 9.21 Å². The van der Waals surface area contributed by atoms with E-state index in [1.54, 1.807) is 18.4 Å². The Balaban J connectivity index is 1.42. The minimum absolute atomic E-state index is 0.0428. The first-order valence-electron chi connectivity index (χ1n) is 8.64. The lowest BCUT2D eigenvalue weighted by atomic mass is 10.0. The first-order valence-corrected chi connectivity index (χ1v) is 8.64. The molecule has 1 saturated heterocycles. The number of fused-ring (bicyclic) bond motifs is 1. The highest BCUT2D eigenvalue weighted by Gasteiger charge is 2.23. The molecule has 3 heterocycles. The second-order valence-corrected chi connectivity index (χ2v) is 6.55. The van der Waals surface area contributed by atoms with E-state index in [1.807, 2.05) is 23.4 Å². The third-order valence-electron chi connectivity index (χ3n) is 4.83. The molecule has 5 heteroatoms. The molecule has 0 radical (unpaired) electrons. The fourth-order valence-corrected chi connectivity index (χ4v) is 3.44. The molecule has 1 aliphatic rings. The molecule has 3 aromatic rings. The molecule has 25 heavy (non-hydrogen) atoms. The SMILES string of the molecule is Cc1ccc2ncn(C3CCN(C(=O)/C=C/c4ccco4)CC3)c2c1. The normalized spacial score (nSPS) is 16.1. The Kier molecular flexibility index (Phi) is 4.14. The van der Waals surface area contributed by atoms with Gasteiger partial charge in [-0.2, -0.15) is 0 Å². The number of aryl methyl sites for hydroxylation is 1. The van der Waals surface area contributed by atoms with Gasteiger partial charge in [0.25, 0.3) is 0 Å². The summed E-state index contributed by atoms with van der Waals surface area (Å²) in [4.78, 5) is 18.7. The summed E-state index contributed by atoms with van der Waals surface area (Å²) in [5, 5.41) is 0. The molecule has 1 fully saturated rings. The molecule has 0 spiro atoms. The number of imidazole rings is 1. The molecule has 1 amide bonds. The number of hydrogen-bond donors (Lipinski definition) is 0. The van der Waals surface area contributed by atoms with Crippen LogP contribution in [-0.2, 0) is 4.79 Å². The zero-order valence-electron chi connectivity index (χ0n) is 14.3. The van der Waals surface area contributed by atoms with Gasteiger partial charge in [0.15, 0.2) is 0 Å². The number of likely N-dealkylation sites (tertiary alicyclic amines) is 1.